The highest BCUT2D eigenvalue weighted by molar-refractivity contribution is 5.75. The smallest absolute Gasteiger partial charge is 0.331 e. The van der Waals surface area contributed by atoms with Crippen molar-refractivity contribution in [3.63, 3.8) is 0 Å². The van der Waals surface area contributed by atoms with Crippen LogP contribution in [0.5, 0.6) is 0 Å². The van der Waals surface area contributed by atoms with Crippen LogP contribution in [-0.2, 0) is 10.3 Å². The van der Waals surface area contributed by atoms with Gasteiger partial charge >= 0.3 is 5.97 Å². The van der Waals surface area contributed by atoms with Gasteiger partial charge in [0.15, 0.2) is 5.54 Å². The summed E-state index contributed by atoms with van der Waals surface area (Å²) in [5.41, 5.74) is -1.66. The quantitative estimate of drug-likeness (QED) is 0.843. The topological polar surface area (TPSA) is 72.2 Å². The second-order valence-electron chi connectivity index (χ2n) is 4.79. The molecule has 0 amide bonds. The molecule has 0 saturated heterocycles. The van der Waals surface area contributed by atoms with Gasteiger partial charge in [0.2, 0.25) is 0 Å². The number of hydrogen-bond acceptors (Lipinski definition) is 3. The minimum atomic E-state index is -1.28. The predicted octanol–water partition coefficient (Wildman–Crippen LogP) is 1.48. The van der Waals surface area contributed by atoms with Crippen molar-refractivity contribution in [3.8, 4) is 0 Å². The Morgan fingerprint density at radius 3 is 2.71 bits per heavy atom. The Bertz CT molecular complexity index is 453. The minimum Gasteiger partial charge on any atom is -0.479 e. The van der Waals surface area contributed by atoms with E-state index in [1.807, 2.05) is 13.8 Å². The number of rotatable bonds is 5. The van der Waals surface area contributed by atoms with Crippen molar-refractivity contribution in [1.29, 1.82) is 0 Å². The number of carbonyl (C=O) groups is 1. The van der Waals surface area contributed by atoms with E-state index in [-0.39, 0.29) is 5.56 Å². The number of aliphatic carboxylic acids is 1. The lowest BCUT2D eigenvalue weighted by atomic mass is 9.92. The second kappa shape index (κ2) is 5.12. The van der Waals surface area contributed by atoms with E-state index < -0.39 is 11.5 Å². The number of hydrogen-bond donors (Lipinski definition) is 1. The van der Waals surface area contributed by atoms with Crippen LogP contribution in [0.2, 0.25) is 0 Å². The molecule has 0 aromatic carbocycles. The van der Waals surface area contributed by atoms with Gasteiger partial charge in [-0.3, -0.25) is 4.79 Å². The Morgan fingerprint density at radius 1 is 1.59 bits per heavy atom. The summed E-state index contributed by atoms with van der Waals surface area (Å²) in [6.45, 7) is 5.57. The molecule has 5 heteroatoms. The van der Waals surface area contributed by atoms with Gasteiger partial charge in [0, 0.05) is 12.3 Å². The highest BCUT2D eigenvalue weighted by atomic mass is 16.4. The summed E-state index contributed by atoms with van der Waals surface area (Å²) in [6, 6.07) is 2.83. The SMILES string of the molecule is CC(C)CCC(C)(C(=O)O)n1ncccc1=O. The molecule has 1 aromatic heterocycles. The lowest BCUT2D eigenvalue weighted by Gasteiger charge is -2.26. The van der Waals surface area contributed by atoms with Gasteiger partial charge in [0.05, 0.1) is 0 Å². The first-order valence-corrected chi connectivity index (χ1v) is 5.66. The molecule has 1 N–H and O–H groups in total. The molecule has 17 heavy (non-hydrogen) atoms. The van der Waals surface area contributed by atoms with Crippen LogP contribution in [0.4, 0.5) is 0 Å². The average molecular weight is 238 g/mol. The van der Waals surface area contributed by atoms with E-state index in [9.17, 15) is 14.7 Å². The Kier molecular flexibility index (Phi) is 4.04. The average Bonchev–Trinajstić information content (AvgIpc) is 2.26. The molecule has 1 unspecified atom stereocenters. The molecule has 1 heterocycles. The van der Waals surface area contributed by atoms with Gasteiger partial charge in [-0.1, -0.05) is 13.8 Å². The van der Waals surface area contributed by atoms with Crippen molar-refractivity contribution < 1.29 is 9.90 Å². The van der Waals surface area contributed by atoms with Crippen molar-refractivity contribution in [3.05, 3.63) is 28.7 Å². The van der Waals surface area contributed by atoms with Crippen LogP contribution in [0.1, 0.15) is 33.6 Å². The zero-order valence-electron chi connectivity index (χ0n) is 10.4. The first-order chi connectivity index (χ1) is 7.88. The van der Waals surface area contributed by atoms with Crippen LogP contribution in [0, 0.1) is 5.92 Å². The van der Waals surface area contributed by atoms with Gasteiger partial charge in [0.25, 0.3) is 5.56 Å². The van der Waals surface area contributed by atoms with Crippen molar-refractivity contribution in [2.75, 3.05) is 0 Å². The summed E-state index contributed by atoms with van der Waals surface area (Å²) in [4.78, 5) is 23.0. The van der Waals surface area contributed by atoms with E-state index in [1.54, 1.807) is 0 Å². The standard InChI is InChI=1S/C12H18N2O3/c1-9(2)6-7-12(3,11(16)17)14-10(15)5-4-8-13-14/h4-5,8-9H,6-7H2,1-3H3,(H,16,17). The molecule has 5 nitrogen and oxygen atoms in total. The fourth-order valence-electron chi connectivity index (χ4n) is 1.60. The molecule has 1 rings (SSSR count). The molecule has 0 radical (unpaired) electrons. The van der Waals surface area contributed by atoms with Crippen molar-refractivity contribution in [2.24, 2.45) is 5.92 Å². The lowest BCUT2D eigenvalue weighted by molar-refractivity contribution is -0.148. The van der Waals surface area contributed by atoms with Crippen molar-refractivity contribution in [2.45, 2.75) is 39.2 Å². The third-order valence-electron chi connectivity index (χ3n) is 2.85. The maximum atomic E-state index is 11.7. The van der Waals surface area contributed by atoms with Gasteiger partial charge in [-0.25, -0.2) is 9.48 Å². The Hall–Kier alpha value is -1.65. The van der Waals surface area contributed by atoms with Crippen LogP contribution < -0.4 is 5.56 Å². The van der Waals surface area contributed by atoms with Gasteiger partial charge in [-0.05, 0) is 31.7 Å². The molecule has 0 aliphatic rings. The van der Waals surface area contributed by atoms with Crippen LogP contribution >= 0.6 is 0 Å². The highest BCUT2D eigenvalue weighted by Gasteiger charge is 2.36. The maximum absolute atomic E-state index is 11.7. The zero-order valence-corrected chi connectivity index (χ0v) is 10.4. The first kappa shape index (κ1) is 13.4. The molecular formula is C12H18N2O3. The Labute approximate surface area is 100 Å². The highest BCUT2D eigenvalue weighted by Crippen LogP contribution is 2.22. The molecule has 1 atom stereocenters. The van der Waals surface area contributed by atoms with Crippen LogP contribution in [0.25, 0.3) is 0 Å². The minimum absolute atomic E-state index is 0.382. The molecular weight excluding hydrogens is 220 g/mol. The maximum Gasteiger partial charge on any atom is 0.331 e. The third kappa shape index (κ3) is 2.93. The first-order valence-electron chi connectivity index (χ1n) is 5.66. The fraction of sp³-hybridized carbons (Fsp3) is 0.583. The summed E-state index contributed by atoms with van der Waals surface area (Å²) >= 11 is 0. The Balaban J connectivity index is 3.13. The van der Waals surface area contributed by atoms with E-state index in [1.165, 1.54) is 25.3 Å². The normalized spacial score (nSPS) is 14.6. The van der Waals surface area contributed by atoms with Gasteiger partial charge in [-0.15, -0.1) is 0 Å². The van der Waals surface area contributed by atoms with E-state index in [4.69, 9.17) is 0 Å². The number of carboxylic acids is 1. The molecule has 0 aliphatic carbocycles. The summed E-state index contributed by atoms with van der Waals surface area (Å²) in [6.07, 6.45) is 2.54. The lowest BCUT2D eigenvalue weighted by Crippen LogP contribution is -2.46. The molecule has 1 aromatic rings. The summed E-state index contributed by atoms with van der Waals surface area (Å²) in [5, 5.41) is 13.2. The van der Waals surface area contributed by atoms with E-state index >= 15 is 0 Å². The summed E-state index contributed by atoms with van der Waals surface area (Å²) in [7, 11) is 0. The van der Waals surface area contributed by atoms with Crippen molar-refractivity contribution >= 4 is 5.97 Å². The zero-order chi connectivity index (χ0) is 13.1. The van der Waals surface area contributed by atoms with E-state index in [0.29, 0.717) is 12.3 Å². The molecule has 0 saturated carbocycles. The number of aromatic nitrogens is 2. The predicted molar refractivity (Wildman–Crippen MR) is 63.9 cm³/mol. The Morgan fingerprint density at radius 2 is 2.24 bits per heavy atom. The fourth-order valence-corrected chi connectivity index (χ4v) is 1.60. The molecule has 0 fully saturated rings. The van der Waals surface area contributed by atoms with Crippen molar-refractivity contribution in [1.82, 2.24) is 9.78 Å². The summed E-state index contributed by atoms with van der Waals surface area (Å²) in [5.74, 6) is -0.646. The van der Waals surface area contributed by atoms with Crippen LogP contribution in [0.15, 0.2) is 23.1 Å². The number of nitrogens with zero attached hydrogens (tertiary/aromatic N) is 2. The van der Waals surface area contributed by atoms with Crippen LogP contribution in [0.3, 0.4) is 0 Å². The second-order valence-corrected chi connectivity index (χ2v) is 4.79. The molecule has 0 spiro atoms. The van der Waals surface area contributed by atoms with Gasteiger partial charge in [0.1, 0.15) is 0 Å². The van der Waals surface area contributed by atoms with Gasteiger partial charge < -0.3 is 5.11 Å². The molecule has 0 bridgehead atoms. The van der Waals surface area contributed by atoms with E-state index in [2.05, 4.69) is 5.10 Å². The largest absolute Gasteiger partial charge is 0.479 e. The monoisotopic (exact) mass is 238 g/mol. The molecule has 94 valence electrons. The third-order valence-corrected chi connectivity index (χ3v) is 2.85. The van der Waals surface area contributed by atoms with Crippen LogP contribution in [-0.4, -0.2) is 20.9 Å². The van der Waals surface area contributed by atoms with Gasteiger partial charge in [-0.2, -0.15) is 5.10 Å². The van der Waals surface area contributed by atoms with E-state index in [0.717, 1.165) is 11.1 Å². The molecule has 0 aliphatic heterocycles. The number of carboxylic acid groups (broad SMARTS) is 1. The summed E-state index contributed by atoms with van der Waals surface area (Å²) < 4.78 is 1.05.